The van der Waals surface area contributed by atoms with Gasteiger partial charge in [0.1, 0.15) is 6.04 Å². The maximum absolute atomic E-state index is 12.6. The minimum atomic E-state index is -4.86. The second-order valence-electron chi connectivity index (χ2n) is 7.30. The molecule has 2 aliphatic heterocycles. The number of carbonyl (C=O) groups excluding carboxylic acids is 3. The lowest BCUT2D eigenvalue weighted by Crippen LogP contribution is -2.55. The molecular formula is C13H20N4O7S. The van der Waals surface area contributed by atoms with Crippen molar-refractivity contribution in [3.05, 3.63) is 0 Å². The predicted molar refractivity (Wildman–Crippen MR) is 81.3 cm³/mol. The topological polar surface area (TPSA) is 151 Å². The minimum absolute atomic E-state index is 0.0434. The molecule has 0 radical (unpaired) electrons. The zero-order chi connectivity index (χ0) is 18.7. The van der Waals surface area contributed by atoms with E-state index in [-0.39, 0.29) is 30.7 Å². The van der Waals surface area contributed by atoms with Crippen molar-refractivity contribution in [1.82, 2.24) is 15.0 Å². The molecule has 3 atom stereocenters. The van der Waals surface area contributed by atoms with Gasteiger partial charge in [0.2, 0.25) is 5.91 Å². The normalized spacial score (nSPS) is 30.4. The number of hydrazine groups is 1. The summed E-state index contributed by atoms with van der Waals surface area (Å²) in [6, 6.07) is -2.46. The van der Waals surface area contributed by atoms with Crippen LogP contribution in [0.3, 0.4) is 0 Å². The van der Waals surface area contributed by atoms with Crippen molar-refractivity contribution in [3.63, 3.8) is 0 Å². The Balaban J connectivity index is 1.71. The van der Waals surface area contributed by atoms with E-state index in [9.17, 15) is 22.8 Å². The smallest absolute Gasteiger partial charge is 0.309 e. The number of imide groups is 1. The van der Waals surface area contributed by atoms with E-state index in [0.717, 1.165) is 4.90 Å². The number of rotatable bonds is 4. The molecule has 11 nitrogen and oxygen atoms in total. The zero-order valence-corrected chi connectivity index (χ0v) is 14.6. The maximum Gasteiger partial charge on any atom is 0.418 e. The summed E-state index contributed by atoms with van der Waals surface area (Å²) in [6.45, 7) is 3.84. The van der Waals surface area contributed by atoms with Crippen molar-refractivity contribution in [3.8, 4) is 0 Å². The van der Waals surface area contributed by atoms with Gasteiger partial charge >= 0.3 is 16.4 Å². The maximum atomic E-state index is 12.6. The number of piperidine rings is 1. The van der Waals surface area contributed by atoms with Gasteiger partial charge in [0.15, 0.2) is 0 Å². The van der Waals surface area contributed by atoms with Crippen molar-refractivity contribution >= 4 is 28.2 Å². The molecule has 2 saturated heterocycles. The largest absolute Gasteiger partial charge is 0.418 e. The summed E-state index contributed by atoms with van der Waals surface area (Å²) in [5, 5.41) is 1.10. The first kappa shape index (κ1) is 18.0. The van der Waals surface area contributed by atoms with Gasteiger partial charge < -0.3 is 4.90 Å². The lowest BCUT2D eigenvalue weighted by Gasteiger charge is -2.31. The van der Waals surface area contributed by atoms with Crippen LogP contribution in [0.1, 0.15) is 33.1 Å². The average Bonchev–Trinajstić information content (AvgIpc) is 3.10. The highest BCUT2D eigenvalue weighted by Gasteiger charge is 2.55. The number of nitrogens with zero attached hydrogens (tertiary/aromatic N) is 3. The van der Waals surface area contributed by atoms with E-state index < -0.39 is 40.3 Å². The van der Waals surface area contributed by atoms with Gasteiger partial charge in [-0.2, -0.15) is 13.5 Å². The van der Waals surface area contributed by atoms with E-state index in [2.05, 4.69) is 4.28 Å². The summed E-state index contributed by atoms with van der Waals surface area (Å²) in [5.41, 5.74) is -0.198. The van der Waals surface area contributed by atoms with Crippen LogP contribution in [0.5, 0.6) is 0 Å². The molecule has 3 aliphatic rings. The first-order chi connectivity index (χ1) is 11.4. The van der Waals surface area contributed by atoms with Gasteiger partial charge in [-0.3, -0.25) is 14.1 Å². The predicted octanol–water partition coefficient (Wildman–Crippen LogP) is -0.736. The molecule has 0 aromatic rings. The van der Waals surface area contributed by atoms with Crippen molar-refractivity contribution in [2.45, 2.75) is 45.2 Å². The number of carbonyl (C=O) groups is 3. The standard InChI is InChI=1S/C13H20N4O7S/c1-13(2)5-8(13)10(18)16(14)11(19)9-4-3-7-6-15(9)12(20)17(7)24-25(21,22)23/h7-9H,3-6,14H2,1-2H3,(H,21,22,23)/t7-,8?,9+/m0/s1. The van der Waals surface area contributed by atoms with Gasteiger partial charge in [-0.1, -0.05) is 13.8 Å². The quantitative estimate of drug-likeness (QED) is 0.214. The van der Waals surface area contributed by atoms with E-state index in [1.54, 1.807) is 0 Å². The van der Waals surface area contributed by atoms with Crippen LogP contribution in [0.2, 0.25) is 0 Å². The van der Waals surface area contributed by atoms with E-state index in [1.165, 1.54) is 0 Å². The highest BCUT2D eigenvalue weighted by molar-refractivity contribution is 7.80. The number of urea groups is 1. The summed E-state index contributed by atoms with van der Waals surface area (Å²) >= 11 is 0. The summed E-state index contributed by atoms with van der Waals surface area (Å²) < 4.78 is 34.8. The SMILES string of the molecule is CC1(C)CC1C(=O)N(N)C(=O)[C@H]1CC[C@H]2CN1C(=O)N2OS(=O)(=O)O. The number of hydroxylamine groups is 2. The van der Waals surface area contributed by atoms with Crippen LogP contribution in [-0.2, 0) is 24.3 Å². The molecule has 0 spiro atoms. The number of nitrogens with two attached hydrogens (primary N) is 1. The van der Waals surface area contributed by atoms with Crippen LogP contribution >= 0.6 is 0 Å². The number of hydrogen-bond acceptors (Lipinski definition) is 7. The van der Waals surface area contributed by atoms with Crippen molar-refractivity contribution in [2.24, 2.45) is 17.2 Å². The van der Waals surface area contributed by atoms with E-state index in [4.69, 9.17) is 10.4 Å². The summed E-state index contributed by atoms with van der Waals surface area (Å²) in [7, 11) is -4.86. The van der Waals surface area contributed by atoms with Crippen LogP contribution in [0, 0.1) is 11.3 Å². The number of hydrogen-bond donors (Lipinski definition) is 2. The molecule has 25 heavy (non-hydrogen) atoms. The van der Waals surface area contributed by atoms with E-state index >= 15 is 0 Å². The Hall–Kier alpha value is -1.76. The van der Waals surface area contributed by atoms with Crippen LogP contribution < -0.4 is 5.84 Å². The lowest BCUT2D eigenvalue weighted by molar-refractivity contribution is -0.149. The van der Waals surface area contributed by atoms with Crippen molar-refractivity contribution < 1.29 is 31.6 Å². The Bertz CT molecular complexity index is 737. The zero-order valence-electron chi connectivity index (χ0n) is 13.8. The summed E-state index contributed by atoms with van der Waals surface area (Å²) in [5.74, 6) is 4.15. The van der Waals surface area contributed by atoms with Crippen molar-refractivity contribution in [2.75, 3.05) is 6.54 Å². The minimum Gasteiger partial charge on any atom is -0.309 e. The summed E-state index contributed by atoms with van der Waals surface area (Å²) in [6.07, 6.45) is 1.11. The van der Waals surface area contributed by atoms with Gasteiger partial charge in [-0.25, -0.2) is 15.6 Å². The molecule has 0 aromatic carbocycles. The molecule has 1 aliphatic carbocycles. The van der Waals surface area contributed by atoms with Crippen LogP contribution in [0.25, 0.3) is 0 Å². The highest BCUT2D eigenvalue weighted by Crippen LogP contribution is 2.52. The highest BCUT2D eigenvalue weighted by atomic mass is 32.3. The van der Waals surface area contributed by atoms with Gasteiger partial charge in [0.05, 0.1) is 6.04 Å². The monoisotopic (exact) mass is 376 g/mol. The Morgan fingerprint density at radius 3 is 2.44 bits per heavy atom. The summed E-state index contributed by atoms with van der Waals surface area (Å²) in [4.78, 5) is 38.2. The molecular weight excluding hydrogens is 356 g/mol. The van der Waals surface area contributed by atoms with Crippen molar-refractivity contribution in [1.29, 1.82) is 0 Å². The van der Waals surface area contributed by atoms with Gasteiger partial charge in [-0.15, -0.1) is 4.28 Å². The molecule has 4 amide bonds. The molecule has 3 fully saturated rings. The molecule has 0 aromatic heterocycles. The second-order valence-corrected chi connectivity index (χ2v) is 8.31. The third-order valence-corrected chi connectivity index (χ3v) is 5.42. The molecule has 1 saturated carbocycles. The van der Waals surface area contributed by atoms with Gasteiger partial charge in [0.25, 0.3) is 5.91 Å². The first-order valence-electron chi connectivity index (χ1n) is 7.82. The number of fused-ring (bicyclic) bond motifs is 2. The van der Waals surface area contributed by atoms with Gasteiger partial charge in [0, 0.05) is 12.5 Å². The molecule has 2 heterocycles. The number of amides is 4. The van der Waals surface area contributed by atoms with E-state index in [0.29, 0.717) is 16.5 Å². The molecule has 1 unspecified atom stereocenters. The fourth-order valence-electron chi connectivity index (χ4n) is 3.41. The Kier molecular flexibility index (Phi) is 4.06. The third-order valence-electron chi connectivity index (χ3n) is 5.07. The van der Waals surface area contributed by atoms with Crippen LogP contribution in [-0.4, -0.2) is 64.4 Å². The molecule has 3 N–H and O–H groups in total. The van der Waals surface area contributed by atoms with Gasteiger partial charge in [-0.05, 0) is 24.7 Å². The first-order valence-corrected chi connectivity index (χ1v) is 9.18. The molecule has 12 heteroatoms. The fourth-order valence-corrected chi connectivity index (χ4v) is 3.80. The van der Waals surface area contributed by atoms with Crippen LogP contribution in [0.15, 0.2) is 0 Å². The van der Waals surface area contributed by atoms with E-state index in [1.807, 2.05) is 13.8 Å². The second kappa shape index (κ2) is 5.62. The Morgan fingerprint density at radius 1 is 1.32 bits per heavy atom. The lowest BCUT2D eigenvalue weighted by atomic mass is 10.00. The third kappa shape index (κ3) is 3.21. The average molecular weight is 376 g/mol. The Morgan fingerprint density at radius 2 is 1.92 bits per heavy atom. The van der Waals surface area contributed by atoms with Crippen LogP contribution in [0.4, 0.5) is 4.79 Å². The molecule has 2 bridgehead atoms. The molecule has 140 valence electrons. The molecule has 3 rings (SSSR count). The fraction of sp³-hybridized carbons (Fsp3) is 0.769. The Labute approximate surface area is 144 Å².